The predicted octanol–water partition coefficient (Wildman–Crippen LogP) is 3.83. The lowest BCUT2D eigenvalue weighted by Gasteiger charge is -2.10. The standard InChI is InChI=1S/C22H21FN2O8S/c1-3-10-31-24-19(21-12-18(25-32-21)14-4-6-15(23)7-5-14)13-30-16-8-9-20(33-34(2,28)29)17(11-16)22(26)27/h4-9,11-13,24H,3,10H2,1-2H3,(H,26,27). The van der Waals surface area contributed by atoms with Gasteiger partial charge >= 0.3 is 16.1 Å². The highest BCUT2D eigenvalue weighted by atomic mass is 32.2. The molecule has 0 radical (unpaired) electrons. The molecule has 0 fully saturated rings. The van der Waals surface area contributed by atoms with Gasteiger partial charge in [-0.25, -0.2) is 9.18 Å². The summed E-state index contributed by atoms with van der Waals surface area (Å²) in [5.41, 5.74) is 3.56. The highest BCUT2D eigenvalue weighted by Gasteiger charge is 2.17. The highest BCUT2D eigenvalue weighted by Crippen LogP contribution is 2.27. The Hall–Kier alpha value is -3.90. The van der Waals surface area contributed by atoms with Crippen molar-refractivity contribution in [1.82, 2.24) is 10.6 Å². The number of aromatic nitrogens is 1. The Labute approximate surface area is 194 Å². The minimum Gasteiger partial charge on any atom is -0.478 e. The van der Waals surface area contributed by atoms with Gasteiger partial charge in [0.15, 0.2) is 11.5 Å². The molecule has 34 heavy (non-hydrogen) atoms. The summed E-state index contributed by atoms with van der Waals surface area (Å²) in [4.78, 5) is 16.9. The van der Waals surface area contributed by atoms with Gasteiger partial charge in [0.1, 0.15) is 34.8 Å². The molecule has 12 heteroatoms. The van der Waals surface area contributed by atoms with E-state index in [1.165, 1.54) is 24.5 Å². The van der Waals surface area contributed by atoms with E-state index in [9.17, 15) is 22.7 Å². The normalized spacial score (nSPS) is 11.8. The Bertz CT molecular complexity index is 1290. The van der Waals surface area contributed by atoms with Crippen molar-refractivity contribution in [2.45, 2.75) is 13.3 Å². The summed E-state index contributed by atoms with van der Waals surface area (Å²) in [6, 6.07) is 10.9. The lowest BCUT2D eigenvalue weighted by molar-refractivity contribution is 0.0694. The number of benzene rings is 2. The molecule has 0 spiro atoms. The molecule has 0 aliphatic rings. The van der Waals surface area contributed by atoms with Crippen molar-refractivity contribution in [3.63, 3.8) is 0 Å². The van der Waals surface area contributed by atoms with Gasteiger partial charge in [0.05, 0.1) is 12.9 Å². The van der Waals surface area contributed by atoms with Crippen molar-refractivity contribution in [3.05, 3.63) is 71.9 Å². The summed E-state index contributed by atoms with van der Waals surface area (Å²) in [5.74, 6) is -1.84. The van der Waals surface area contributed by atoms with Crippen molar-refractivity contribution in [2.24, 2.45) is 0 Å². The van der Waals surface area contributed by atoms with E-state index in [4.69, 9.17) is 18.3 Å². The second-order valence-electron chi connectivity index (χ2n) is 6.93. The number of nitrogens with one attached hydrogen (secondary N) is 1. The third kappa shape index (κ3) is 6.80. The molecular formula is C22H21FN2O8S. The van der Waals surface area contributed by atoms with Gasteiger partial charge in [0.2, 0.25) is 0 Å². The first-order valence-corrected chi connectivity index (χ1v) is 11.7. The summed E-state index contributed by atoms with van der Waals surface area (Å²) in [5, 5.41) is 13.4. The van der Waals surface area contributed by atoms with Gasteiger partial charge in [0.25, 0.3) is 0 Å². The average molecular weight is 492 g/mol. The molecule has 0 unspecified atom stereocenters. The smallest absolute Gasteiger partial charge is 0.339 e. The first-order valence-electron chi connectivity index (χ1n) is 9.90. The van der Waals surface area contributed by atoms with Crippen molar-refractivity contribution in [3.8, 4) is 22.8 Å². The van der Waals surface area contributed by atoms with Crippen LogP contribution in [-0.4, -0.2) is 37.5 Å². The number of carboxylic acid groups (broad SMARTS) is 1. The van der Waals surface area contributed by atoms with E-state index < -0.39 is 21.7 Å². The van der Waals surface area contributed by atoms with E-state index in [1.807, 2.05) is 6.92 Å². The zero-order valence-electron chi connectivity index (χ0n) is 18.1. The van der Waals surface area contributed by atoms with Gasteiger partial charge in [-0.3, -0.25) is 10.3 Å². The largest absolute Gasteiger partial charge is 0.478 e. The third-order valence-corrected chi connectivity index (χ3v) is 4.62. The number of ether oxygens (including phenoxy) is 1. The first-order chi connectivity index (χ1) is 16.2. The monoisotopic (exact) mass is 492 g/mol. The van der Waals surface area contributed by atoms with Crippen LogP contribution in [0.25, 0.3) is 17.0 Å². The number of hydrogen-bond acceptors (Lipinski definition) is 9. The molecule has 0 aliphatic heterocycles. The van der Waals surface area contributed by atoms with Gasteiger partial charge in [0, 0.05) is 11.6 Å². The number of hydroxylamine groups is 1. The van der Waals surface area contributed by atoms with Gasteiger partial charge in [-0.1, -0.05) is 12.1 Å². The highest BCUT2D eigenvalue weighted by molar-refractivity contribution is 7.86. The van der Waals surface area contributed by atoms with E-state index in [1.54, 1.807) is 18.2 Å². The van der Waals surface area contributed by atoms with Gasteiger partial charge in [-0.2, -0.15) is 8.42 Å². The van der Waals surface area contributed by atoms with Crippen molar-refractivity contribution in [1.29, 1.82) is 0 Å². The molecule has 3 rings (SSSR count). The van der Waals surface area contributed by atoms with Crippen molar-refractivity contribution < 1.29 is 41.0 Å². The maximum absolute atomic E-state index is 13.2. The summed E-state index contributed by atoms with van der Waals surface area (Å²) in [6.07, 6.45) is 2.74. The molecule has 0 bridgehead atoms. The van der Waals surface area contributed by atoms with Crippen LogP contribution in [0.1, 0.15) is 29.5 Å². The van der Waals surface area contributed by atoms with Crippen LogP contribution < -0.4 is 14.4 Å². The van der Waals surface area contributed by atoms with Crippen LogP contribution in [0.15, 0.2) is 59.3 Å². The van der Waals surface area contributed by atoms with E-state index in [-0.39, 0.29) is 28.8 Å². The number of carbonyl (C=O) groups is 1. The summed E-state index contributed by atoms with van der Waals surface area (Å²) in [7, 11) is -3.93. The molecule has 0 aliphatic carbocycles. The Morgan fingerprint density at radius 2 is 1.94 bits per heavy atom. The molecule has 3 aromatic rings. The fourth-order valence-electron chi connectivity index (χ4n) is 2.63. The minimum absolute atomic E-state index is 0.0753. The van der Waals surface area contributed by atoms with Gasteiger partial charge in [-0.15, -0.1) is 0 Å². The maximum Gasteiger partial charge on any atom is 0.339 e. The molecule has 0 atom stereocenters. The van der Waals surface area contributed by atoms with Gasteiger partial charge in [-0.05, 0) is 48.9 Å². The molecule has 2 aromatic carbocycles. The zero-order valence-corrected chi connectivity index (χ0v) is 19.0. The number of aromatic carboxylic acids is 1. The molecule has 1 aromatic heterocycles. The Morgan fingerprint density at radius 3 is 2.59 bits per heavy atom. The first kappa shape index (κ1) is 24.7. The minimum atomic E-state index is -3.93. The average Bonchev–Trinajstić information content (AvgIpc) is 3.26. The van der Waals surface area contributed by atoms with Crippen LogP contribution in [0.3, 0.4) is 0 Å². The topological polar surface area (TPSA) is 137 Å². The van der Waals surface area contributed by atoms with E-state index >= 15 is 0 Å². The van der Waals surface area contributed by atoms with E-state index in [0.717, 1.165) is 24.8 Å². The van der Waals surface area contributed by atoms with Crippen LogP contribution in [0.5, 0.6) is 11.5 Å². The summed E-state index contributed by atoms with van der Waals surface area (Å²) >= 11 is 0. The SMILES string of the molecule is CCCONC(=COc1ccc(OS(C)(=O)=O)c(C(=O)O)c1)c1cc(-c2ccc(F)cc2)no1. The fraction of sp³-hybridized carbons (Fsp3) is 0.182. The van der Waals surface area contributed by atoms with E-state index in [0.29, 0.717) is 17.9 Å². The molecule has 10 nitrogen and oxygen atoms in total. The predicted molar refractivity (Wildman–Crippen MR) is 119 cm³/mol. The molecule has 0 saturated carbocycles. The van der Waals surface area contributed by atoms with Crippen LogP contribution in [0, 0.1) is 5.82 Å². The Balaban J connectivity index is 1.87. The van der Waals surface area contributed by atoms with Crippen LogP contribution in [0.4, 0.5) is 4.39 Å². The van der Waals surface area contributed by atoms with E-state index in [2.05, 4.69) is 10.6 Å². The third-order valence-electron chi connectivity index (χ3n) is 4.14. The molecule has 0 saturated heterocycles. The molecule has 2 N–H and O–H groups in total. The number of halogens is 1. The number of rotatable bonds is 11. The zero-order chi connectivity index (χ0) is 24.7. The van der Waals surface area contributed by atoms with Crippen LogP contribution >= 0.6 is 0 Å². The van der Waals surface area contributed by atoms with Crippen molar-refractivity contribution in [2.75, 3.05) is 12.9 Å². The number of carboxylic acids is 1. The maximum atomic E-state index is 13.2. The summed E-state index contributed by atoms with van der Waals surface area (Å²) in [6.45, 7) is 2.28. The second-order valence-corrected chi connectivity index (χ2v) is 8.51. The lowest BCUT2D eigenvalue weighted by atomic mass is 10.1. The molecule has 1 heterocycles. The second kappa shape index (κ2) is 10.8. The number of nitrogens with zero attached hydrogens (tertiary/aromatic N) is 1. The molecule has 180 valence electrons. The number of hydrogen-bond donors (Lipinski definition) is 2. The van der Waals surface area contributed by atoms with Crippen LogP contribution in [-0.2, 0) is 15.0 Å². The van der Waals surface area contributed by atoms with Crippen LogP contribution in [0.2, 0.25) is 0 Å². The summed E-state index contributed by atoms with van der Waals surface area (Å²) < 4.78 is 51.5. The Morgan fingerprint density at radius 1 is 1.21 bits per heavy atom. The lowest BCUT2D eigenvalue weighted by Crippen LogP contribution is -2.14. The van der Waals surface area contributed by atoms with Gasteiger partial charge < -0.3 is 18.5 Å². The molecular weight excluding hydrogens is 471 g/mol. The molecule has 0 amide bonds. The fourth-order valence-corrected chi connectivity index (χ4v) is 3.11. The Kier molecular flexibility index (Phi) is 7.87. The van der Waals surface area contributed by atoms with Crippen molar-refractivity contribution >= 4 is 21.8 Å². The quantitative estimate of drug-likeness (QED) is 0.176.